The number of fused-ring (bicyclic) bond motifs is 3. The van der Waals surface area contributed by atoms with Crippen LogP contribution in [0.3, 0.4) is 0 Å². The number of piperidine rings is 1. The molecule has 2 aliphatic carbocycles. The molecule has 2 saturated heterocycles. The van der Waals surface area contributed by atoms with E-state index in [4.69, 9.17) is 32.5 Å². The maximum absolute atomic E-state index is 11.7. The van der Waals surface area contributed by atoms with Crippen LogP contribution < -0.4 is 4.90 Å². The molecular formula is C33H33Cl2N3O4. The lowest BCUT2D eigenvalue weighted by Crippen LogP contribution is -2.54. The van der Waals surface area contributed by atoms with E-state index in [2.05, 4.69) is 22.2 Å². The zero-order valence-corrected chi connectivity index (χ0v) is 25.0. The molecule has 0 radical (unpaired) electrons. The largest absolute Gasteiger partial charge is 0.478 e. The fraction of sp³-hybridized carbons (Fsp3) is 0.455. The van der Waals surface area contributed by atoms with E-state index in [1.807, 2.05) is 35.9 Å². The van der Waals surface area contributed by atoms with E-state index in [1.165, 1.54) is 31.4 Å². The van der Waals surface area contributed by atoms with Gasteiger partial charge < -0.3 is 23.8 Å². The molecule has 1 N–H and O–H groups in total. The number of hydrogen-bond donors (Lipinski definition) is 1. The molecule has 2 aromatic heterocycles. The minimum Gasteiger partial charge on any atom is -0.478 e. The average Bonchev–Trinajstić information content (AvgIpc) is 3.54. The molecular weight excluding hydrogens is 573 g/mol. The number of aromatic nitrogens is 2. The van der Waals surface area contributed by atoms with Gasteiger partial charge in [-0.25, -0.2) is 4.79 Å². The summed E-state index contributed by atoms with van der Waals surface area (Å²) < 4.78 is 14.3. The summed E-state index contributed by atoms with van der Waals surface area (Å²) in [6, 6.07) is 12.8. The number of anilines is 1. The van der Waals surface area contributed by atoms with Crippen LogP contribution in [0.2, 0.25) is 10.0 Å². The average molecular weight is 607 g/mol. The van der Waals surface area contributed by atoms with Crippen LogP contribution in [0, 0.1) is 5.41 Å². The molecule has 2 atom stereocenters. The Balaban J connectivity index is 0.964. The predicted molar refractivity (Wildman–Crippen MR) is 163 cm³/mol. The molecule has 4 aromatic rings. The Morgan fingerprint density at radius 3 is 2.45 bits per heavy atom. The molecule has 8 rings (SSSR count). The highest BCUT2D eigenvalue weighted by Gasteiger charge is 2.54. The number of benzene rings is 2. The normalized spacial score (nSPS) is 26.7. The number of carboxylic acids is 1. The van der Waals surface area contributed by atoms with Crippen LogP contribution in [0.1, 0.15) is 79.0 Å². The highest BCUT2D eigenvalue weighted by atomic mass is 35.5. The Morgan fingerprint density at radius 2 is 1.79 bits per heavy atom. The molecule has 1 spiro atoms. The Labute approximate surface area is 254 Å². The summed E-state index contributed by atoms with van der Waals surface area (Å²) in [6.07, 6.45) is 11.1. The first kappa shape index (κ1) is 26.6. The van der Waals surface area contributed by atoms with Crippen LogP contribution in [-0.2, 0) is 18.4 Å². The summed E-state index contributed by atoms with van der Waals surface area (Å²) >= 11 is 13.1. The van der Waals surface area contributed by atoms with Crippen molar-refractivity contribution in [1.29, 1.82) is 0 Å². The second-order valence-corrected chi connectivity index (χ2v) is 13.8. The number of carboxylic acid groups (broad SMARTS) is 1. The van der Waals surface area contributed by atoms with Gasteiger partial charge in [0.2, 0.25) is 0 Å². The minimum atomic E-state index is -0.883. The quantitative estimate of drug-likeness (QED) is 0.228. The standard InChI is InChI=1S/C33H33Cl2N3O4/c1-37-16-24(32(39)40)23-10-9-19(11-28(23)37)38-20-7-8-21(38)13-33(12-20)14-22(15-33)41-17-25-30(36-42-31(25)18-5-6-18)29-26(34)3-2-4-27(29)35/h2-4,9-11,16,18,20-22H,5-8,12-15,17H2,1H3,(H,39,40). The molecule has 0 amide bonds. The van der Waals surface area contributed by atoms with E-state index in [0.717, 1.165) is 53.5 Å². The van der Waals surface area contributed by atoms with Crippen molar-refractivity contribution in [3.63, 3.8) is 0 Å². The second-order valence-electron chi connectivity index (χ2n) is 12.9. The summed E-state index contributed by atoms with van der Waals surface area (Å²) in [5, 5.41) is 15.9. The lowest BCUT2D eigenvalue weighted by Gasteiger charge is -2.55. The number of aryl methyl sites for hydroxylation is 1. The van der Waals surface area contributed by atoms with Crippen molar-refractivity contribution >= 4 is 45.8 Å². The molecule has 2 bridgehead atoms. The van der Waals surface area contributed by atoms with Crippen molar-refractivity contribution in [2.75, 3.05) is 4.90 Å². The van der Waals surface area contributed by atoms with E-state index in [-0.39, 0.29) is 6.10 Å². The molecule has 2 saturated carbocycles. The van der Waals surface area contributed by atoms with Gasteiger partial charge in [0.05, 0.1) is 33.8 Å². The third-order valence-corrected chi connectivity index (χ3v) is 10.8. The summed E-state index contributed by atoms with van der Waals surface area (Å²) in [6.45, 7) is 0.459. The zero-order chi connectivity index (χ0) is 28.7. The van der Waals surface area contributed by atoms with Crippen LogP contribution in [0.15, 0.2) is 47.1 Å². The predicted octanol–water partition coefficient (Wildman–Crippen LogP) is 8.21. The molecule has 4 fully saturated rings. The molecule has 4 aliphatic rings. The van der Waals surface area contributed by atoms with Gasteiger partial charge in [0.15, 0.2) is 0 Å². The van der Waals surface area contributed by atoms with Crippen molar-refractivity contribution in [3.8, 4) is 11.3 Å². The fourth-order valence-electron chi connectivity index (χ4n) is 8.18. The Hall–Kier alpha value is -3.00. The third-order valence-electron chi connectivity index (χ3n) is 10.2. The van der Waals surface area contributed by atoms with Crippen molar-refractivity contribution in [2.24, 2.45) is 12.5 Å². The Kier molecular flexibility index (Phi) is 6.19. The first-order chi connectivity index (χ1) is 20.3. The third kappa shape index (κ3) is 4.27. The van der Waals surface area contributed by atoms with E-state index < -0.39 is 5.97 Å². The SMILES string of the molecule is Cn1cc(C(=O)O)c2ccc(N3C4CCC3CC3(CC(OCc5c(-c6c(Cl)cccc6Cl)noc5C5CC5)C3)C4)cc21. The van der Waals surface area contributed by atoms with Gasteiger partial charge in [0, 0.05) is 53.4 Å². The minimum absolute atomic E-state index is 0.224. The van der Waals surface area contributed by atoms with E-state index in [9.17, 15) is 9.90 Å². The highest BCUT2D eigenvalue weighted by molar-refractivity contribution is 6.39. The van der Waals surface area contributed by atoms with Gasteiger partial charge in [0.1, 0.15) is 11.5 Å². The summed E-state index contributed by atoms with van der Waals surface area (Å²) in [5.74, 6) is 0.447. The summed E-state index contributed by atoms with van der Waals surface area (Å²) in [7, 11) is 1.92. The number of carbonyl (C=O) groups is 1. The van der Waals surface area contributed by atoms with E-state index >= 15 is 0 Å². The van der Waals surface area contributed by atoms with Crippen LogP contribution in [0.4, 0.5) is 5.69 Å². The van der Waals surface area contributed by atoms with Gasteiger partial charge in [0.25, 0.3) is 0 Å². The number of hydrogen-bond acceptors (Lipinski definition) is 5. The summed E-state index contributed by atoms with van der Waals surface area (Å²) in [4.78, 5) is 14.3. The molecule has 2 unspecified atom stereocenters. The Bertz CT molecular complexity index is 1680. The topological polar surface area (TPSA) is 80.7 Å². The van der Waals surface area contributed by atoms with Crippen molar-refractivity contribution in [3.05, 3.63) is 69.5 Å². The Morgan fingerprint density at radius 1 is 1.07 bits per heavy atom. The van der Waals surface area contributed by atoms with Crippen molar-refractivity contribution in [1.82, 2.24) is 9.72 Å². The van der Waals surface area contributed by atoms with Gasteiger partial charge in [-0.2, -0.15) is 0 Å². The zero-order valence-electron chi connectivity index (χ0n) is 23.5. The number of ether oxygens (including phenoxy) is 1. The van der Waals surface area contributed by atoms with Crippen LogP contribution >= 0.6 is 23.2 Å². The number of nitrogens with zero attached hydrogens (tertiary/aromatic N) is 3. The molecule has 4 heterocycles. The molecule has 42 heavy (non-hydrogen) atoms. The van der Waals surface area contributed by atoms with Gasteiger partial charge in [-0.3, -0.25) is 0 Å². The lowest BCUT2D eigenvalue weighted by molar-refractivity contribution is -0.103. The van der Waals surface area contributed by atoms with Crippen LogP contribution in [-0.4, -0.2) is 39.0 Å². The van der Waals surface area contributed by atoms with Gasteiger partial charge in [-0.15, -0.1) is 0 Å². The van der Waals surface area contributed by atoms with Crippen molar-refractivity contribution in [2.45, 2.75) is 82.1 Å². The second kappa shape index (κ2) is 9.76. The first-order valence-electron chi connectivity index (χ1n) is 15.0. The highest BCUT2D eigenvalue weighted by Crippen LogP contribution is 2.58. The molecule has 9 heteroatoms. The van der Waals surface area contributed by atoms with Gasteiger partial charge >= 0.3 is 5.97 Å². The van der Waals surface area contributed by atoms with Crippen LogP contribution in [0.5, 0.6) is 0 Å². The van der Waals surface area contributed by atoms with E-state index in [0.29, 0.717) is 51.3 Å². The molecule has 7 nitrogen and oxygen atoms in total. The maximum atomic E-state index is 11.7. The first-order valence-corrected chi connectivity index (χ1v) is 15.7. The van der Waals surface area contributed by atoms with Crippen LogP contribution in [0.25, 0.3) is 22.2 Å². The van der Waals surface area contributed by atoms with Crippen molar-refractivity contribution < 1.29 is 19.2 Å². The maximum Gasteiger partial charge on any atom is 0.337 e. The number of aromatic carboxylic acids is 1. The molecule has 218 valence electrons. The van der Waals surface area contributed by atoms with Gasteiger partial charge in [-0.1, -0.05) is 34.4 Å². The number of halogens is 2. The monoisotopic (exact) mass is 605 g/mol. The smallest absolute Gasteiger partial charge is 0.337 e. The fourth-order valence-corrected chi connectivity index (χ4v) is 8.75. The number of rotatable bonds is 7. The molecule has 2 aromatic carbocycles. The molecule has 2 aliphatic heterocycles. The van der Waals surface area contributed by atoms with Gasteiger partial charge in [-0.05, 0) is 87.1 Å². The van der Waals surface area contributed by atoms with E-state index in [1.54, 1.807) is 6.20 Å². The summed E-state index contributed by atoms with van der Waals surface area (Å²) in [5.41, 5.74) is 5.29. The lowest BCUT2D eigenvalue weighted by atomic mass is 9.59.